The third-order valence-corrected chi connectivity index (χ3v) is 5.42. The number of fused-ring (bicyclic) bond motifs is 1. The minimum absolute atomic E-state index is 0.187. The van der Waals surface area contributed by atoms with Crippen LogP contribution in [-0.2, 0) is 27.2 Å². The highest BCUT2D eigenvalue weighted by atomic mass is 79.9. The van der Waals surface area contributed by atoms with E-state index in [1.54, 1.807) is 24.3 Å². The number of aromatic nitrogens is 1. The Hall–Kier alpha value is -2.74. The number of rotatable bonds is 5. The van der Waals surface area contributed by atoms with Gasteiger partial charge in [0.15, 0.2) is 0 Å². The van der Waals surface area contributed by atoms with Crippen LogP contribution in [0.5, 0.6) is 0 Å². The van der Waals surface area contributed by atoms with Crippen LogP contribution in [0.4, 0.5) is 10.5 Å². The summed E-state index contributed by atoms with van der Waals surface area (Å²) in [4.78, 5) is 38.6. The van der Waals surface area contributed by atoms with Crippen LogP contribution in [0.15, 0.2) is 28.7 Å². The fourth-order valence-corrected chi connectivity index (χ4v) is 3.99. The van der Waals surface area contributed by atoms with Crippen LogP contribution in [0.3, 0.4) is 0 Å². The minimum atomic E-state index is -0.913. The number of carboxylic acids is 1. The highest BCUT2D eigenvalue weighted by Gasteiger charge is 2.33. The summed E-state index contributed by atoms with van der Waals surface area (Å²) in [5.74, 6) is -1.58. The molecule has 1 heterocycles. The third kappa shape index (κ3) is 3.71. The lowest BCUT2D eigenvalue weighted by molar-refractivity contribution is -0.138. The highest BCUT2D eigenvalue weighted by Crippen LogP contribution is 2.41. The fraction of sp³-hybridized carbons (Fsp3) is 0.263. The molecule has 27 heavy (non-hydrogen) atoms. The smallest absolute Gasteiger partial charge is 0.411 e. The molecule has 3 rings (SSSR count). The number of methoxy groups -OCH3 is 1. The molecular weight excluding hydrogens is 416 g/mol. The quantitative estimate of drug-likeness (QED) is 0.699. The van der Waals surface area contributed by atoms with Crippen LogP contribution >= 0.6 is 15.9 Å². The van der Waals surface area contributed by atoms with E-state index in [2.05, 4.69) is 31.0 Å². The van der Waals surface area contributed by atoms with E-state index in [0.717, 1.165) is 23.0 Å². The molecule has 1 unspecified atom stereocenters. The first-order valence-corrected chi connectivity index (χ1v) is 9.08. The molecule has 0 radical (unpaired) electrons. The Labute approximate surface area is 163 Å². The Morgan fingerprint density at radius 1 is 1.37 bits per heavy atom. The molecule has 1 aliphatic carbocycles. The maximum atomic E-state index is 11.6. The number of amides is 1. The first kappa shape index (κ1) is 19.0. The molecular formula is C19H17BrN2O5. The standard InChI is InChI=1S/C19H17BrN2O5/c1-27-19(26)21-11-4-2-10(3-5-11)16-15(20)12(8-9-23)13-6-7-14(18(24)25)17(13)22-16/h2-5,9,14H,6-8H2,1H3,(H,21,26)(H,24,25). The molecule has 1 aromatic heterocycles. The molecule has 0 bridgehead atoms. The Balaban J connectivity index is 2.06. The number of benzene rings is 1. The molecule has 0 aliphatic heterocycles. The van der Waals surface area contributed by atoms with Gasteiger partial charge in [-0.15, -0.1) is 0 Å². The van der Waals surface area contributed by atoms with Gasteiger partial charge < -0.3 is 14.6 Å². The van der Waals surface area contributed by atoms with Gasteiger partial charge in [0, 0.05) is 22.1 Å². The second-order valence-corrected chi connectivity index (χ2v) is 6.90. The Morgan fingerprint density at radius 2 is 2.07 bits per heavy atom. The van der Waals surface area contributed by atoms with Crippen molar-refractivity contribution in [3.8, 4) is 11.3 Å². The van der Waals surface area contributed by atoms with Crippen molar-refractivity contribution in [3.05, 3.63) is 45.6 Å². The van der Waals surface area contributed by atoms with Crippen molar-refractivity contribution in [1.29, 1.82) is 0 Å². The number of ether oxygens (including phenoxy) is 1. The number of hydrogen-bond donors (Lipinski definition) is 2. The van der Waals surface area contributed by atoms with Crippen molar-refractivity contribution in [1.82, 2.24) is 4.98 Å². The average molecular weight is 433 g/mol. The van der Waals surface area contributed by atoms with Gasteiger partial charge in [0.2, 0.25) is 0 Å². The van der Waals surface area contributed by atoms with Gasteiger partial charge in [-0.2, -0.15) is 0 Å². The summed E-state index contributed by atoms with van der Waals surface area (Å²) in [6.45, 7) is 0. The third-order valence-electron chi connectivity index (χ3n) is 4.57. The summed E-state index contributed by atoms with van der Waals surface area (Å²) in [6.07, 6.45) is 1.48. The summed E-state index contributed by atoms with van der Waals surface area (Å²) in [5.41, 5.74) is 4.01. The van der Waals surface area contributed by atoms with E-state index in [1.165, 1.54) is 7.11 Å². The largest absolute Gasteiger partial charge is 0.481 e. The second-order valence-electron chi connectivity index (χ2n) is 6.11. The number of nitrogens with zero attached hydrogens (tertiary/aromatic N) is 1. The average Bonchev–Trinajstić information content (AvgIpc) is 3.08. The molecule has 0 saturated heterocycles. The lowest BCUT2D eigenvalue weighted by Gasteiger charge is -2.15. The van der Waals surface area contributed by atoms with Gasteiger partial charge in [0.05, 0.1) is 24.4 Å². The molecule has 2 N–H and O–H groups in total. The van der Waals surface area contributed by atoms with Crippen molar-refractivity contribution >= 4 is 40.0 Å². The molecule has 1 aromatic carbocycles. The van der Waals surface area contributed by atoms with E-state index in [9.17, 15) is 19.5 Å². The number of pyridine rings is 1. The summed E-state index contributed by atoms with van der Waals surface area (Å²) in [6, 6.07) is 6.92. The van der Waals surface area contributed by atoms with Crippen LogP contribution < -0.4 is 5.32 Å². The van der Waals surface area contributed by atoms with Gasteiger partial charge in [-0.05, 0) is 52.0 Å². The van der Waals surface area contributed by atoms with Gasteiger partial charge in [-0.3, -0.25) is 15.1 Å². The summed E-state index contributed by atoms with van der Waals surface area (Å²) in [5, 5.41) is 12.0. The van der Waals surface area contributed by atoms with Gasteiger partial charge in [-0.1, -0.05) is 12.1 Å². The predicted molar refractivity (Wildman–Crippen MR) is 102 cm³/mol. The van der Waals surface area contributed by atoms with Crippen LogP contribution in [0, 0.1) is 0 Å². The lowest BCUT2D eigenvalue weighted by Crippen LogP contribution is -2.11. The molecule has 1 amide bonds. The number of carbonyl (C=O) groups excluding carboxylic acids is 2. The Morgan fingerprint density at radius 3 is 2.67 bits per heavy atom. The van der Waals surface area contributed by atoms with E-state index < -0.39 is 18.0 Å². The van der Waals surface area contributed by atoms with Crippen LogP contribution in [0.1, 0.15) is 29.2 Å². The Kier molecular flexibility index (Phi) is 5.55. The number of carbonyl (C=O) groups is 3. The van der Waals surface area contributed by atoms with E-state index in [0.29, 0.717) is 34.4 Å². The summed E-state index contributed by atoms with van der Waals surface area (Å²) >= 11 is 3.54. The number of hydrogen-bond acceptors (Lipinski definition) is 5. The molecule has 140 valence electrons. The van der Waals surface area contributed by atoms with E-state index in [-0.39, 0.29) is 6.42 Å². The van der Waals surface area contributed by atoms with Gasteiger partial charge >= 0.3 is 12.1 Å². The molecule has 0 spiro atoms. The number of aliphatic carboxylic acids is 1. The maximum Gasteiger partial charge on any atom is 0.411 e. The van der Waals surface area contributed by atoms with E-state index in [4.69, 9.17) is 0 Å². The maximum absolute atomic E-state index is 11.6. The van der Waals surface area contributed by atoms with Crippen LogP contribution in [-0.4, -0.2) is 35.5 Å². The fourth-order valence-electron chi connectivity index (χ4n) is 3.27. The number of anilines is 1. The monoisotopic (exact) mass is 432 g/mol. The normalized spacial score (nSPS) is 15.1. The lowest BCUT2D eigenvalue weighted by atomic mass is 9.99. The SMILES string of the molecule is COC(=O)Nc1ccc(-c2nc3c(c(CC=O)c2Br)CCC3C(=O)O)cc1. The predicted octanol–water partition coefficient (Wildman–Crippen LogP) is 3.55. The first-order valence-electron chi connectivity index (χ1n) is 8.29. The summed E-state index contributed by atoms with van der Waals surface area (Å²) in [7, 11) is 1.28. The van der Waals surface area contributed by atoms with Gasteiger partial charge in [0.25, 0.3) is 0 Å². The van der Waals surface area contributed by atoms with E-state index in [1.807, 2.05) is 0 Å². The van der Waals surface area contributed by atoms with Crippen LogP contribution in [0.25, 0.3) is 11.3 Å². The van der Waals surface area contributed by atoms with Gasteiger partial charge in [0.1, 0.15) is 6.29 Å². The number of halogens is 1. The van der Waals surface area contributed by atoms with Crippen molar-refractivity contribution < 1.29 is 24.2 Å². The van der Waals surface area contributed by atoms with Crippen LogP contribution in [0.2, 0.25) is 0 Å². The molecule has 0 fully saturated rings. The van der Waals surface area contributed by atoms with Crippen molar-refractivity contribution in [2.24, 2.45) is 0 Å². The topological polar surface area (TPSA) is 106 Å². The minimum Gasteiger partial charge on any atom is -0.481 e. The van der Waals surface area contributed by atoms with E-state index >= 15 is 0 Å². The van der Waals surface area contributed by atoms with Crippen molar-refractivity contribution in [3.63, 3.8) is 0 Å². The first-order chi connectivity index (χ1) is 13.0. The molecule has 8 heteroatoms. The zero-order valence-corrected chi connectivity index (χ0v) is 16.1. The zero-order chi connectivity index (χ0) is 19.6. The van der Waals surface area contributed by atoms with Crippen molar-refractivity contribution in [2.45, 2.75) is 25.2 Å². The summed E-state index contributed by atoms with van der Waals surface area (Å²) < 4.78 is 5.24. The van der Waals surface area contributed by atoms with Gasteiger partial charge in [-0.25, -0.2) is 4.79 Å². The number of aldehydes is 1. The highest BCUT2D eigenvalue weighted by molar-refractivity contribution is 9.10. The molecule has 0 saturated carbocycles. The molecule has 7 nitrogen and oxygen atoms in total. The second kappa shape index (κ2) is 7.87. The molecule has 1 atom stereocenters. The molecule has 1 aliphatic rings. The van der Waals surface area contributed by atoms with Crippen molar-refractivity contribution in [2.75, 3.05) is 12.4 Å². The zero-order valence-electron chi connectivity index (χ0n) is 14.5. The Bertz CT molecular complexity index is 911. The molecule has 2 aromatic rings. The number of carboxylic acid groups (broad SMARTS) is 1. The number of nitrogens with one attached hydrogen (secondary N) is 1.